The fraction of sp³-hybridized carbons (Fsp3) is 0.769. The second-order valence-electron chi connectivity index (χ2n) is 11.2. The molecule has 3 rings (SSSR count). The first kappa shape index (κ1) is 32.3. The molecule has 0 spiro atoms. The number of sulfone groups is 1. The summed E-state index contributed by atoms with van der Waals surface area (Å²) >= 11 is 0. The molecule has 2 fully saturated rings. The van der Waals surface area contributed by atoms with Crippen LogP contribution in [0.4, 0.5) is 0 Å². The number of aliphatic hydroxyl groups is 1. The highest BCUT2D eigenvalue weighted by Gasteiger charge is 2.38. The highest BCUT2D eigenvalue weighted by atomic mass is 32.2. The van der Waals surface area contributed by atoms with E-state index in [0.717, 1.165) is 25.7 Å². The van der Waals surface area contributed by atoms with Crippen LogP contribution in [0.5, 0.6) is 5.75 Å². The first-order valence-corrected chi connectivity index (χ1v) is 18.5. The van der Waals surface area contributed by atoms with Crippen LogP contribution in [0, 0.1) is 11.8 Å². The van der Waals surface area contributed by atoms with E-state index in [1.807, 2.05) is 13.8 Å². The molecule has 0 unspecified atom stereocenters. The Balaban J connectivity index is 1.73. The molecule has 39 heavy (non-hydrogen) atoms. The molecule has 1 N–H and O–H groups in total. The van der Waals surface area contributed by atoms with E-state index in [4.69, 9.17) is 4.74 Å². The van der Waals surface area contributed by atoms with Crippen molar-refractivity contribution in [3.05, 3.63) is 24.3 Å². The van der Waals surface area contributed by atoms with E-state index in [-0.39, 0.29) is 67.1 Å². The van der Waals surface area contributed by atoms with Crippen molar-refractivity contribution in [2.75, 3.05) is 44.8 Å². The molecular weight excluding hydrogens is 564 g/mol. The van der Waals surface area contributed by atoms with E-state index in [1.54, 1.807) is 12.1 Å². The van der Waals surface area contributed by atoms with Crippen molar-refractivity contribution in [1.82, 2.24) is 8.61 Å². The van der Waals surface area contributed by atoms with Crippen LogP contribution < -0.4 is 4.74 Å². The lowest BCUT2D eigenvalue weighted by molar-refractivity contribution is 0.125. The van der Waals surface area contributed by atoms with Gasteiger partial charge in [0, 0.05) is 26.2 Å². The Morgan fingerprint density at radius 2 is 1.54 bits per heavy atom. The minimum absolute atomic E-state index is 0.00652. The lowest BCUT2D eigenvalue weighted by Gasteiger charge is -2.32. The van der Waals surface area contributed by atoms with Gasteiger partial charge in [-0.2, -0.15) is 4.31 Å². The maximum atomic E-state index is 13.6. The standard InChI is InChI=1S/C26H44N2O8S3/c1-21(2)18-28(39(34,35)25-10-8-24(36-3)9-11-25)20-23(29)12-15-27(19-22-6-4-5-7-22)38(32,33)26-13-16-37(30,31)17-14-26/h8-11,21-23,26,29H,4-7,12-20H2,1-3H3/t23-/m0/s1. The van der Waals surface area contributed by atoms with Crippen LogP contribution in [0.25, 0.3) is 0 Å². The number of ether oxygens (including phenoxy) is 1. The Morgan fingerprint density at radius 3 is 2.08 bits per heavy atom. The topological polar surface area (TPSA) is 138 Å². The van der Waals surface area contributed by atoms with Gasteiger partial charge in [0.05, 0.1) is 34.9 Å². The van der Waals surface area contributed by atoms with Gasteiger partial charge in [0.2, 0.25) is 20.0 Å². The Morgan fingerprint density at radius 1 is 0.949 bits per heavy atom. The number of sulfonamides is 2. The summed E-state index contributed by atoms with van der Waals surface area (Å²) < 4.78 is 85.6. The van der Waals surface area contributed by atoms with Crippen molar-refractivity contribution in [2.45, 2.75) is 75.0 Å². The summed E-state index contributed by atoms with van der Waals surface area (Å²) in [6, 6.07) is 6.07. The van der Waals surface area contributed by atoms with Crippen molar-refractivity contribution in [2.24, 2.45) is 11.8 Å². The largest absolute Gasteiger partial charge is 0.497 e. The van der Waals surface area contributed by atoms with Crippen molar-refractivity contribution in [1.29, 1.82) is 0 Å². The molecule has 13 heteroatoms. The number of benzene rings is 1. The van der Waals surface area contributed by atoms with Crippen LogP contribution in [0.2, 0.25) is 0 Å². The van der Waals surface area contributed by atoms with Gasteiger partial charge in [-0.15, -0.1) is 0 Å². The lowest BCUT2D eigenvalue weighted by atomic mass is 10.1. The van der Waals surface area contributed by atoms with Crippen molar-refractivity contribution >= 4 is 29.9 Å². The molecule has 0 bridgehead atoms. The minimum Gasteiger partial charge on any atom is -0.497 e. The maximum absolute atomic E-state index is 13.6. The molecule has 1 heterocycles. The van der Waals surface area contributed by atoms with Crippen LogP contribution >= 0.6 is 0 Å². The fourth-order valence-corrected chi connectivity index (χ4v) is 10.8. The van der Waals surface area contributed by atoms with Crippen molar-refractivity contribution < 1.29 is 35.1 Å². The van der Waals surface area contributed by atoms with E-state index < -0.39 is 41.2 Å². The number of hydrogen-bond donors (Lipinski definition) is 1. The van der Waals surface area contributed by atoms with Gasteiger partial charge < -0.3 is 9.84 Å². The lowest BCUT2D eigenvalue weighted by Crippen LogP contribution is -2.46. The zero-order valence-corrected chi connectivity index (χ0v) is 25.7. The first-order chi connectivity index (χ1) is 18.2. The Kier molecular flexibility index (Phi) is 11.3. The molecule has 10 nitrogen and oxygen atoms in total. The van der Waals surface area contributed by atoms with Gasteiger partial charge in [0.25, 0.3) is 0 Å². The molecule has 1 aromatic rings. The van der Waals surface area contributed by atoms with Crippen LogP contribution in [0.1, 0.15) is 58.8 Å². The van der Waals surface area contributed by atoms with E-state index >= 15 is 0 Å². The zero-order valence-electron chi connectivity index (χ0n) is 23.2. The molecule has 1 saturated carbocycles. The summed E-state index contributed by atoms with van der Waals surface area (Å²) in [4.78, 5) is 0.0915. The molecule has 224 valence electrons. The van der Waals surface area contributed by atoms with Gasteiger partial charge in [-0.05, 0) is 68.2 Å². The van der Waals surface area contributed by atoms with E-state index in [9.17, 15) is 30.4 Å². The smallest absolute Gasteiger partial charge is 0.243 e. The van der Waals surface area contributed by atoms with Crippen LogP contribution in [-0.4, -0.2) is 95.1 Å². The van der Waals surface area contributed by atoms with E-state index in [1.165, 1.54) is 27.9 Å². The number of hydrogen-bond acceptors (Lipinski definition) is 8. The first-order valence-electron chi connectivity index (χ1n) is 13.8. The Hall–Kier alpha value is -1.25. The summed E-state index contributed by atoms with van der Waals surface area (Å²) in [5, 5.41) is 10.2. The highest BCUT2D eigenvalue weighted by molar-refractivity contribution is 7.92. The van der Waals surface area contributed by atoms with Gasteiger partial charge in [0.1, 0.15) is 15.6 Å². The van der Waals surface area contributed by atoms with Crippen LogP contribution in [0.15, 0.2) is 29.2 Å². The molecule has 1 atom stereocenters. The average Bonchev–Trinajstić information content (AvgIpc) is 3.39. The summed E-state index contributed by atoms with van der Waals surface area (Å²) in [6.07, 6.45) is 3.14. The van der Waals surface area contributed by atoms with Crippen molar-refractivity contribution in [3.8, 4) is 5.75 Å². The predicted octanol–water partition coefficient (Wildman–Crippen LogP) is 2.49. The summed E-state index contributed by atoms with van der Waals surface area (Å²) in [5.41, 5.74) is 0. The Bertz CT molecular complexity index is 1230. The number of aliphatic hydroxyl groups excluding tert-OH is 1. The summed E-state index contributed by atoms with van der Waals surface area (Å²) in [7, 11) is -9.38. The number of nitrogens with zero attached hydrogens (tertiary/aromatic N) is 2. The van der Waals surface area contributed by atoms with Gasteiger partial charge in [-0.3, -0.25) is 0 Å². The molecule has 0 aromatic heterocycles. The SMILES string of the molecule is COc1ccc(S(=O)(=O)N(CC(C)C)C[C@@H](O)CCN(CC2CCCC2)S(=O)(=O)C2CCS(=O)(=O)CC2)cc1. The molecule has 1 aliphatic carbocycles. The second-order valence-corrected chi connectivity index (χ2v) is 17.7. The number of methoxy groups -OCH3 is 1. The Labute approximate surface area is 234 Å². The van der Waals surface area contributed by atoms with Gasteiger partial charge in [0.15, 0.2) is 0 Å². The molecule has 2 aliphatic rings. The van der Waals surface area contributed by atoms with E-state index in [0.29, 0.717) is 12.3 Å². The molecule has 0 radical (unpaired) electrons. The van der Waals surface area contributed by atoms with Gasteiger partial charge in [-0.1, -0.05) is 26.7 Å². The zero-order chi connectivity index (χ0) is 28.8. The summed E-state index contributed by atoms with van der Waals surface area (Å²) in [5.74, 6) is 0.502. The fourth-order valence-electron chi connectivity index (χ4n) is 5.37. The molecule has 0 amide bonds. The van der Waals surface area contributed by atoms with Gasteiger partial charge in [-0.25, -0.2) is 29.6 Å². The monoisotopic (exact) mass is 608 g/mol. The molecule has 1 aromatic carbocycles. The van der Waals surface area contributed by atoms with Gasteiger partial charge >= 0.3 is 0 Å². The number of rotatable bonds is 14. The minimum atomic E-state index is -3.90. The second kappa shape index (κ2) is 13.6. The third kappa shape index (κ3) is 8.87. The van der Waals surface area contributed by atoms with Crippen molar-refractivity contribution in [3.63, 3.8) is 0 Å². The quantitative estimate of drug-likeness (QED) is 0.340. The third-order valence-electron chi connectivity index (χ3n) is 7.61. The normalized spacial score (nSPS) is 20.2. The van der Waals surface area contributed by atoms with Crippen LogP contribution in [-0.2, 0) is 29.9 Å². The highest BCUT2D eigenvalue weighted by Crippen LogP contribution is 2.29. The summed E-state index contributed by atoms with van der Waals surface area (Å²) in [6.45, 7) is 4.23. The van der Waals surface area contributed by atoms with Crippen LogP contribution in [0.3, 0.4) is 0 Å². The molecule has 1 saturated heterocycles. The maximum Gasteiger partial charge on any atom is 0.243 e. The molecular formula is C26H44N2O8S3. The average molecular weight is 609 g/mol. The predicted molar refractivity (Wildman–Crippen MR) is 151 cm³/mol. The van der Waals surface area contributed by atoms with E-state index in [2.05, 4.69) is 0 Å². The third-order valence-corrected chi connectivity index (χ3v) is 13.5. The molecule has 1 aliphatic heterocycles.